The average molecular weight is 313 g/mol. The van der Waals surface area contributed by atoms with Crippen LogP contribution in [-0.2, 0) is 9.59 Å². The maximum Gasteiger partial charge on any atom is 0.306 e. The number of aliphatic carboxylic acids is 2. The van der Waals surface area contributed by atoms with Crippen molar-refractivity contribution in [3.8, 4) is 0 Å². The van der Waals surface area contributed by atoms with E-state index >= 15 is 0 Å². The second kappa shape index (κ2) is 17.8. The van der Waals surface area contributed by atoms with Crippen LogP contribution in [0.3, 0.4) is 0 Å². The summed E-state index contributed by atoms with van der Waals surface area (Å²) in [6.45, 7) is 8.08. The lowest BCUT2D eigenvalue weighted by atomic mass is 9.99. The third kappa shape index (κ3) is 15.9. The predicted molar refractivity (Wildman–Crippen MR) is 87.6 cm³/mol. The molecule has 2 N–H and O–H groups in total. The molecule has 0 aromatic heterocycles. The topological polar surface area (TPSA) is 74.6 Å². The van der Waals surface area contributed by atoms with Crippen molar-refractivity contribution in [2.45, 2.75) is 79.1 Å². The summed E-state index contributed by atoms with van der Waals surface area (Å²) in [6, 6.07) is 0. The first-order valence-electron chi connectivity index (χ1n) is 7.89. The summed E-state index contributed by atoms with van der Waals surface area (Å²) in [5, 5.41) is 17.3. The number of carboxylic acid groups (broad SMARTS) is 2. The Morgan fingerprint density at radius 2 is 0.857 bits per heavy atom. The number of rotatable bonds is 10. The van der Waals surface area contributed by atoms with E-state index in [0.717, 1.165) is 51.4 Å². The third-order valence-corrected chi connectivity index (χ3v) is 3.25. The van der Waals surface area contributed by atoms with E-state index in [-0.39, 0.29) is 34.9 Å². The van der Waals surface area contributed by atoms with E-state index in [2.05, 4.69) is 0 Å². The number of carboxylic acids is 2. The van der Waals surface area contributed by atoms with Gasteiger partial charge < -0.3 is 10.2 Å². The quantitative estimate of drug-likeness (QED) is 0.593. The molecule has 0 aliphatic heterocycles. The minimum absolute atomic E-state index is 0. The molecule has 0 aromatic carbocycles. The highest BCUT2D eigenvalue weighted by molar-refractivity contribution is 5.75. The van der Waals surface area contributed by atoms with Crippen molar-refractivity contribution in [1.82, 2.24) is 0 Å². The summed E-state index contributed by atoms with van der Waals surface area (Å²) in [7, 11) is 0. The Labute approximate surface area is 145 Å². The first kappa shape index (κ1) is 25.6. The highest BCUT2D eigenvalue weighted by atomic mass is 24.3. The first-order chi connectivity index (χ1) is 9.44. The van der Waals surface area contributed by atoms with Crippen molar-refractivity contribution in [3.05, 3.63) is 0 Å². The molecule has 0 bridgehead atoms. The molecule has 2 radical (unpaired) electrons. The summed E-state index contributed by atoms with van der Waals surface area (Å²) in [6.07, 6.45) is 7.17. The fraction of sp³-hybridized carbons (Fsp3) is 0.875. The van der Waals surface area contributed by atoms with Gasteiger partial charge in [-0.15, -0.1) is 0 Å². The Morgan fingerprint density at radius 1 is 0.667 bits per heavy atom. The zero-order chi connectivity index (χ0) is 16.0. The molecule has 0 fully saturated rings. The maximum absolute atomic E-state index is 10.5. The van der Waals surface area contributed by atoms with Gasteiger partial charge in [0.25, 0.3) is 0 Å². The molecule has 5 heteroatoms. The van der Waals surface area contributed by atoms with Crippen LogP contribution < -0.4 is 0 Å². The van der Waals surface area contributed by atoms with Crippen molar-refractivity contribution in [1.29, 1.82) is 0 Å². The van der Waals surface area contributed by atoms with Gasteiger partial charge >= 0.3 is 11.9 Å². The number of hydrogen-bond acceptors (Lipinski definition) is 2. The van der Waals surface area contributed by atoms with Gasteiger partial charge in [-0.05, 0) is 25.7 Å². The van der Waals surface area contributed by atoms with Crippen molar-refractivity contribution < 1.29 is 19.8 Å². The lowest BCUT2D eigenvalue weighted by Gasteiger charge is -2.07. The van der Waals surface area contributed by atoms with Crippen LogP contribution in [0.15, 0.2) is 0 Å². The largest absolute Gasteiger partial charge is 0.481 e. The first-order valence-corrected chi connectivity index (χ1v) is 7.89. The van der Waals surface area contributed by atoms with Crippen molar-refractivity contribution in [2.24, 2.45) is 11.8 Å². The molecule has 4 nitrogen and oxygen atoms in total. The predicted octanol–water partition coefficient (Wildman–Crippen LogP) is 4.19. The Kier molecular flexibility index (Phi) is 21.7. The van der Waals surface area contributed by atoms with Gasteiger partial charge in [0, 0.05) is 23.1 Å². The zero-order valence-corrected chi connectivity index (χ0v) is 15.6. The summed E-state index contributed by atoms with van der Waals surface area (Å²) >= 11 is 0. The standard InChI is InChI=1S/2C8H16O2.Mg/c2*1-3-5-7(6-4-2)8(9)10;/h2*7H,3-6H2,1-2H3,(H,9,10);. The molecule has 0 aromatic rings. The molecule has 0 aliphatic carbocycles. The lowest BCUT2D eigenvalue weighted by Crippen LogP contribution is -2.12. The van der Waals surface area contributed by atoms with Gasteiger partial charge in [-0.1, -0.05) is 53.4 Å². The molecule has 0 heterocycles. The van der Waals surface area contributed by atoms with Gasteiger partial charge in [-0.3, -0.25) is 9.59 Å². The highest BCUT2D eigenvalue weighted by Crippen LogP contribution is 2.13. The Bertz CT molecular complexity index is 219. The Balaban J connectivity index is -0.000000295. The summed E-state index contributed by atoms with van der Waals surface area (Å²) in [4.78, 5) is 21.0. The molecule has 0 unspecified atom stereocenters. The summed E-state index contributed by atoms with van der Waals surface area (Å²) in [5.41, 5.74) is 0. The van der Waals surface area contributed by atoms with Crippen LogP contribution in [0.4, 0.5) is 0 Å². The van der Waals surface area contributed by atoms with Gasteiger partial charge in [0.15, 0.2) is 0 Å². The molecular formula is C16H32MgO4. The zero-order valence-electron chi connectivity index (χ0n) is 14.2. The minimum atomic E-state index is -0.635. The highest BCUT2D eigenvalue weighted by Gasteiger charge is 2.14. The molecule has 0 saturated heterocycles. The van der Waals surface area contributed by atoms with Gasteiger partial charge in [-0.2, -0.15) is 0 Å². The second-order valence-corrected chi connectivity index (χ2v) is 5.23. The van der Waals surface area contributed by atoms with Gasteiger partial charge in [0.1, 0.15) is 0 Å². The fourth-order valence-corrected chi connectivity index (χ4v) is 2.18. The van der Waals surface area contributed by atoms with E-state index in [9.17, 15) is 9.59 Å². The molecule has 21 heavy (non-hydrogen) atoms. The monoisotopic (exact) mass is 312 g/mol. The fourth-order valence-electron chi connectivity index (χ4n) is 2.18. The van der Waals surface area contributed by atoms with Crippen LogP contribution in [0, 0.1) is 11.8 Å². The Morgan fingerprint density at radius 3 is 0.952 bits per heavy atom. The molecule has 0 rings (SSSR count). The van der Waals surface area contributed by atoms with Crippen LogP contribution in [0.1, 0.15) is 79.1 Å². The van der Waals surface area contributed by atoms with Crippen molar-refractivity contribution in [2.75, 3.05) is 0 Å². The second-order valence-electron chi connectivity index (χ2n) is 5.23. The maximum atomic E-state index is 10.5. The molecule has 122 valence electrons. The smallest absolute Gasteiger partial charge is 0.306 e. The molecule has 0 atom stereocenters. The normalized spacial score (nSPS) is 9.81. The van der Waals surface area contributed by atoms with E-state index in [1.807, 2.05) is 27.7 Å². The van der Waals surface area contributed by atoms with Crippen LogP contribution >= 0.6 is 0 Å². The molecule has 0 amide bonds. The van der Waals surface area contributed by atoms with E-state index in [0.29, 0.717) is 0 Å². The molecule has 0 aliphatic rings. The number of hydrogen-bond donors (Lipinski definition) is 2. The van der Waals surface area contributed by atoms with Crippen LogP contribution in [-0.4, -0.2) is 45.2 Å². The SMILES string of the molecule is CCCC(CCC)C(=O)O.CCCC(CCC)C(=O)O.[Mg]. The number of carbonyl (C=O) groups is 2. The summed E-state index contributed by atoms with van der Waals surface area (Å²) < 4.78 is 0. The van der Waals surface area contributed by atoms with E-state index in [1.165, 1.54) is 0 Å². The van der Waals surface area contributed by atoms with E-state index < -0.39 is 11.9 Å². The van der Waals surface area contributed by atoms with Crippen molar-refractivity contribution >= 4 is 35.0 Å². The lowest BCUT2D eigenvalue weighted by molar-refractivity contribution is -0.143. The van der Waals surface area contributed by atoms with Crippen LogP contribution in [0.2, 0.25) is 0 Å². The molecule has 0 saturated carbocycles. The molecule has 0 spiro atoms. The van der Waals surface area contributed by atoms with Gasteiger partial charge in [0.2, 0.25) is 0 Å². The van der Waals surface area contributed by atoms with Gasteiger partial charge in [-0.25, -0.2) is 0 Å². The van der Waals surface area contributed by atoms with Crippen LogP contribution in [0.25, 0.3) is 0 Å². The third-order valence-electron chi connectivity index (χ3n) is 3.25. The summed E-state index contributed by atoms with van der Waals surface area (Å²) in [5.74, 6) is -1.47. The van der Waals surface area contributed by atoms with Crippen molar-refractivity contribution in [3.63, 3.8) is 0 Å². The van der Waals surface area contributed by atoms with E-state index in [1.54, 1.807) is 0 Å². The van der Waals surface area contributed by atoms with Crippen LogP contribution in [0.5, 0.6) is 0 Å². The van der Waals surface area contributed by atoms with E-state index in [4.69, 9.17) is 10.2 Å². The average Bonchev–Trinajstić information content (AvgIpc) is 2.38. The Hall–Kier alpha value is -0.294. The van der Waals surface area contributed by atoms with Gasteiger partial charge in [0.05, 0.1) is 11.8 Å². The molecular weight excluding hydrogens is 280 g/mol. The minimum Gasteiger partial charge on any atom is -0.481 e.